The summed E-state index contributed by atoms with van der Waals surface area (Å²) < 4.78 is 10.7. The molecular formula is C24H25N3O6S2. The van der Waals surface area contributed by atoms with E-state index in [0.717, 1.165) is 9.75 Å². The van der Waals surface area contributed by atoms with E-state index in [-0.39, 0.29) is 19.1 Å². The third kappa shape index (κ3) is 6.52. The maximum Gasteiger partial charge on any atom is 0.315 e. The first kappa shape index (κ1) is 24.6. The average Bonchev–Trinajstić information content (AvgIpc) is 3.59. The van der Waals surface area contributed by atoms with Crippen LogP contribution in [0.4, 0.5) is 4.79 Å². The zero-order chi connectivity index (χ0) is 24.8. The summed E-state index contributed by atoms with van der Waals surface area (Å²) in [5.74, 6) is -0.264. The molecule has 1 aliphatic heterocycles. The standard InChI is InChI=1S/C24H25N3O6S2/c1-15(23(30)27(12-17-4-2-8-34-17)13-18-5-3-9-35-18)25-24(31)26-19(11-22(28)29)16-6-7-20-21(10-16)33-14-32-20/h2-10,15,19H,11-14H2,1H3,(H,28,29)(H2,25,26,31)/t15-,19-/m0/s1. The van der Waals surface area contributed by atoms with Crippen molar-refractivity contribution in [2.24, 2.45) is 0 Å². The third-order valence-corrected chi connectivity index (χ3v) is 7.09. The number of nitrogens with zero attached hydrogens (tertiary/aromatic N) is 1. The number of nitrogens with one attached hydrogen (secondary N) is 2. The summed E-state index contributed by atoms with van der Waals surface area (Å²) in [4.78, 5) is 41.3. The summed E-state index contributed by atoms with van der Waals surface area (Å²) in [5.41, 5.74) is 0.558. The Kier molecular flexibility index (Phi) is 7.88. The van der Waals surface area contributed by atoms with Crippen LogP contribution >= 0.6 is 22.7 Å². The molecule has 4 rings (SSSR count). The van der Waals surface area contributed by atoms with Gasteiger partial charge in [-0.05, 0) is 47.5 Å². The normalized spacial score (nSPS) is 13.6. The van der Waals surface area contributed by atoms with Gasteiger partial charge in [0.2, 0.25) is 12.7 Å². The molecule has 3 aromatic rings. The van der Waals surface area contributed by atoms with Gasteiger partial charge in [-0.2, -0.15) is 0 Å². The highest BCUT2D eigenvalue weighted by Crippen LogP contribution is 2.34. The van der Waals surface area contributed by atoms with Crippen LogP contribution in [0.1, 0.15) is 34.7 Å². The Morgan fingerprint density at radius 1 is 1.00 bits per heavy atom. The fourth-order valence-corrected chi connectivity index (χ4v) is 5.12. The molecule has 0 spiro atoms. The highest BCUT2D eigenvalue weighted by atomic mass is 32.1. The molecular weight excluding hydrogens is 490 g/mol. The van der Waals surface area contributed by atoms with E-state index >= 15 is 0 Å². The molecule has 2 aromatic heterocycles. The van der Waals surface area contributed by atoms with Gasteiger partial charge in [0, 0.05) is 9.75 Å². The minimum Gasteiger partial charge on any atom is -0.481 e. The molecule has 0 saturated heterocycles. The zero-order valence-electron chi connectivity index (χ0n) is 18.9. The third-order valence-electron chi connectivity index (χ3n) is 5.37. The quantitative estimate of drug-likeness (QED) is 0.376. The summed E-state index contributed by atoms with van der Waals surface area (Å²) in [6.45, 7) is 2.57. The molecule has 35 heavy (non-hydrogen) atoms. The lowest BCUT2D eigenvalue weighted by atomic mass is 10.0. The predicted molar refractivity (Wildman–Crippen MR) is 132 cm³/mol. The van der Waals surface area contributed by atoms with E-state index < -0.39 is 24.1 Å². The SMILES string of the molecule is C[C@H](NC(=O)N[C@@H](CC(=O)O)c1ccc2c(c1)OCO2)C(=O)N(Cc1cccs1)Cc1cccs1. The molecule has 0 fully saturated rings. The summed E-state index contributed by atoms with van der Waals surface area (Å²) in [7, 11) is 0. The Balaban J connectivity index is 1.42. The number of thiophene rings is 2. The second-order valence-corrected chi connectivity index (χ2v) is 10.0. The van der Waals surface area contributed by atoms with Crippen molar-refractivity contribution in [2.75, 3.05) is 6.79 Å². The van der Waals surface area contributed by atoms with Gasteiger partial charge in [-0.1, -0.05) is 18.2 Å². The molecule has 2 atom stereocenters. The number of carbonyl (C=O) groups excluding carboxylic acids is 2. The van der Waals surface area contributed by atoms with E-state index in [1.807, 2.05) is 35.0 Å². The van der Waals surface area contributed by atoms with Crippen molar-refractivity contribution < 1.29 is 29.0 Å². The first-order valence-corrected chi connectivity index (χ1v) is 12.7. The molecule has 0 aliphatic carbocycles. The number of carboxylic acids is 1. The van der Waals surface area contributed by atoms with E-state index in [9.17, 15) is 19.5 Å². The Hall–Kier alpha value is -3.57. The number of carboxylic acid groups (broad SMARTS) is 1. The molecule has 1 aliphatic rings. The molecule has 184 valence electrons. The molecule has 11 heteroatoms. The van der Waals surface area contributed by atoms with Crippen LogP contribution in [0.5, 0.6) is 11.5 Å². The van der Waals surface area contributed by atoms with Gasteiger partial charge in [-0.25, -0.2) is 4.79 Å². The van der Waals surface area contributed by atoms with Gasteiger partial charge in [-0.3, -0.25) is 9.59 Å². The second-order valence-electron chi connectivity index (χ2n) is 7.96. The van der Waals surface area contributed by atoms with E-state index in [1.165, 1.54) is 0 Å². The molecule has 0 bridgehead atoms. The van der Waals surface area contributed by atoms with Crippen LogP contribution in [0.2, 0.25) is 0 Å². The molecule has 9 nitrogen and oxygen atoms in total. The summed E-state index contributed by atoms with van der Waals surface area (Å²) in [5, 5.41) is 18.6. The van der Waals surface area contributed by atoms with Crippen molar-refractivity contribution in [1.29, 1.82) is 0 Å². The Labute approximate surface area is 210 Å². The maximum atomic E-state index is 13.3. The number of hydrogen-bond acceptors (Lipinski definition) is 7. The fraction of sp³-hybridized carbons (Fsp3) is 0.292. The Morgan fingerprint density at radius 2 is 1.66 bits per heavy atom. The highest BCUT2D eigenvalue weighted by Gasteiger charge is 2.26. The van der Waals surface area contributed by atoms with Crippen molar-refractivity contribution >= 4 is 40.6 Å². The Morgan fingerprint density at radius 3 is 2.26 bits per heavy atom. The largest absolute Gasteiger partial charge is 0.481 e. The number of aliphatic carboxylic acids is 1. The molecule has 0 unspecified atom stereocenters. The van der Waals surface area contributed by atoms with E-state index in [1.54, 1.807) is 52.7 Å². The smallest absolute Gasteiger partial charge is 0.315 e. The number of fused-ring (bicyclic) bond motifs is 1. The van der Waals surface area contributed by atoms with Gasteiger partial charge in [0.15, 0.2) is 11.5 Å². The van der Waals surface area contributed by atoms with Crippen LogP contribution in [-0.2, 0) is 22.7 Å². The minimum atomic E-state index is -1.07. The van der Waals surface area contributed by atoms with Gasteiger partial charge in [0.05, 0.1) is 25.6 Å². The molecule has 3 heterocycles. The first-order valence-electron chi connectivity index (χ1n) is 10.9. The van der Waals surface area contributed by atoms with Gasteiger partial charge < -0.3 is 30.1 Å². The van der Waals surface area contributed by atoms with Crippen molar-refractivity contribution in [1.82, 2.24) is 15.5 Å². The highest BCUT2D eigenvalue weighted by molar-refractivity contribution is 7.10. The van der Waals surface area contributed by atoms with Crippen molar-refractivity contribution in [3.8, 4) is 11.5 Å². The molecule has 0 radical (unpaired) electrons. The van der Waals surface area contributed by atoms with Gasteiger partial charge in [-0.15, -0.1) is 22.7 Å². The lowest BCUT2D eigenvalue weighted by Gasteiger charge is -2.26. The lowest BCUT2D eigenvalue weighted by molar-refractivity contribution is -0.137. The number of urea groups is 1. The van der Waals surface area contributed by atoms with E-state index in [4.69, 9.17) is 9.47 Å². The lowest BCUT2D eigenvalue weighted by Crippen LogP contribution is -2.50. The van der Waals surface area contributed by atoms with Gasteiger partial charge in [0.25, 0.3) is 0 Å². The van der Waals surface area contributed by atoms with Crippen LogP contribution < -0.4 is 20.1 Å². The molecule has 3 N–H and O–H groups in total. The monoisotopic (exact) mass is 515 g/mol. The van der Waals surface area contributed by atoms with Crippen LogP contribution in [0.25, 0.3) is 0 Å². The summed E-state index contributed by atoms with van der Waals surface area (Å²) in [6, 6.07) is 10.5. The number of carbonyl (C=O) groups is 3. The van der Waals surface area contributed by atoms with E-state index in [0.29, 0.717) is 30.2 Å². The topological polar surface area (TPSA) is 117 Å². The van der Waals surface area contributed by atoms with Crippen LogP contribution in [-0.4, -0.2) is 40.7 Å². The molecule has 1 aromatic carbocycles. The fourth-order valence-electron chi connectivity index (χ4n) is 3.68. The number of amides is 3. The number of rotatable bonds is 10. The summed E-state index contributed by atoms with van der Waals surface area (Å²) in [6.07, 6.45) is -0.335. The second kappa shape index (κ2) is 11.2. The molecule has 0 saturated carbocycles. The van der Waals surface area contributed by atoms with E-state index in [2.05, 4.69) is 10.6 Å². The van der Waals surface area contributed by atoms with Crippen LogP contribution in [0, 0.1) is 0 Å². The maximum absolute atomic E-state index is 13.3. The number of benzene rings is 1. The van der Waals surface area contributed by atoms with Gasteiger partial charge >= 0.3 is 12.0 Å². The van der Waals surface area contributed by atoms with Gasteiger partial charge in [0.1, 0.15) is 6.04 Å². The van der Waals surface area contributed by atoms with Crippen molar-refractivity contribution in [2.45, 2.75) is 38.5 Å². The average molecular weight is 516 g/mol. The first-order chi connectivity index (χ1) is 16.9. The number of ether oxygens (including phenoxy) is 2. The zero-order valence-corrected chi connectivity index (χ0v) is 20.6. The Bertz CT molecular complexity index is 1130. The minimum absolute atomic E-state index is 0.0867. The van der Waals surface area contributed by atoms with Crippen molar-refractivity contribution in [3.63, 3.8) is 0 Å². The summed E-state index contributed by atoms with van der Waals surface area (Å²) >= 11 is 3.12. The van der Waals surface area contributed by atoms with Crippen LogP contribution in [0.3, 0.4) is 0 Å². The predicted octanol–water partition coefficient (Wildman–Crippen LogP) is 3.97. The van der Waals surface area contributed by atoms with Crippen molar-refractivity contribution in [3.05, 3.63) is 68.5 Å². The number of hydrogen-bond donors (Lipinski definition) is 3. The molecule has 3 amide bonds. The van der Waals surface area contributed by atoms with Crippen LogP contribution in [0.15, 0.2) is 53.2 Å².